The van der Waals surface area contributed by atoms with Gasteiger partial charge >= 0.3 is 0 Å². The topological polar surface area (TPSA) is 83.7 Å². The largest absolute Gasteiger partial charge is 0.340 e. The number of nitrogens with one attached hydrogen (secondary N) is 1. The van der Waals surface area contributed by atoms with Crippen LogP contribution in [-0.4, -0.2) is 39.8 Å². The summed E-state index contributed by atoms with van der Waals surface area (Å²) in [7, 11) is 0. The zero-order chi connectivity index (χ0) is 13.9. The number of aromatic amines is 1. The molecule has 6 nitrogen and oxygen atoms in total. The highest BCUT2D eigenvalue weighted by Crippen LogP contribution is 2.23. The zero-order valence-electron chi connectivity index (χ0n) is 11.7. The number of anilines is 1. The Morgan fingerprint density at radius 3 is 2.90 bits per heavy atom. The molecule has 0 amide bonds. The Balaban J connectivity index is 1.76. The Hall–Kier alpha value is -1.95. The first kappa shape index (κ1) is 13.1. The third-order valence-electron chi connectivity index (χ3n) is 3.97. The molecule has 2 aromatic heterocycles. The Kier molecular flexibility index (Phi) is 3.64. The van der Waals surface area contributed by atoms with Crippen LogP contribution in [0.1, 0.15) is 18.5 Å². The summed E-state index contributed by atoms with van der Waals surface area (Å²) in [5.41, 5.74) is 7.68. The molecule has 6 heteroatoms. The van der Waals surface area contributed by atoms with Crippen LogP contribution in [-0.2, 0) is 0 Å². The average Bonchev–Trinajstić information content (AvgIpc) is 2.97. The van der Waals surface area contributed by atoms with Crippen LogP contribution in [0.3, 0.4) is 0 Å². The molecule has 3 N–H and O–H groups in total. The van der Waals surface area contributed by atoms with Gasteiger partial charge in [-0.3, -0.25) is 10.1 Å². The summed E-state index contributed by atoms with van der Waals surface area (Å²) in [6.45, 7) is 4.71. The molecule has 0 saturated carbocycles. The Morgan fingerprint density at radius 1 is 1.40 bits per heavy atom. The molecular weight excluding hydrogens is 252 g/mol. The monoisotopic (exact) mass is 272 g/mol. The molecule has 1 fully saturated rings. The quantitative estimate of drug-likeness (QED) is 0.881. The lowest BCUT2D eigenvalue weighted by molar-refractivity contribution is 0.411. The summed E-state index contributed by atoms with van der Waals surface area (Å²) in [5.74, 6) is 2.20. The summed E-state index contributed by atoms with van der Waals surface area (Å²) in [5, 5.41) is 7.36. The molecule has 2 aromatic rings. The van der Waals surface area contributed by atoms with E-state index in [-0.39, 0.29) is 0 Å². The summed E-state index contributed by atoms with van der Waals surface area (Å²) in [6.07, 6.45) is 4.02. The molecule has 106 valence electrons. The number of nitrogens with zero attached hydrogens (tertiary/aromatic N) is 4. The maximum absolute atomic E-state index is 5.72. The predicted octanol–water partition coefficient (Wildman–Crippen LogP) is 1.35. The molecule has 0 spiro atoms. The molecule has 3 rings (SSSR count). The molecule has 1 aliphatic rings. The maximum Gasteiger partial charge on any atom is 0.245 e. The fourth-order valence-electron chi connectivity index (χ4n) is 2.62. The fraction of sp³-hybridized carbons (Fsp3) is 0.500. The van der Waals surface area contributed by atoms with Gasteiger partial charge in [0.15, 0.2) is 5.82 Å². The van der Waals surface area contributed by atoms with Crippen LogP contribution in [0.5, 0.6) is 0 Å². The van der Waals surface area contributed by atoms with Gasteiger partial charge in [-0.2, -0.15) is 4.98 Å². The summed E-state index contributed by atoms with van der Waals surface area (Å²) < 4.78 is 0. The van der Waals surface area contributed by atoms with E-state index in [2.05, 4.69) is 25.1 Å². The fourth-order valence-corrected chi connectivity index (χ4v) is 2.62. The van der Waals surface area contributed by atoms with Gasteiger partial charge in [0.05, 0.1) is 0 Å². The van der Waals surface area contributed by atoms with Crippen molar-refractivity contribution in [1.29, 1.82) is 0 Å². The van der Waals surface area contributed by atoms with Gasteiger partial charge in [0.25, 0.3) is 0 Å². The van der Waals surface area contributed by atoms with Crippen LogP contribution in [0, 0.1) is 12.8 Å². The second kappa shape index (κ2) is 5.58. The minimum absolute atomic E-state index is 0.644. The molecule has 20 heavy (non-hydrogen) atoms. The van der Waals surface area contributed by atoms with E-state index in [1.54, 1.807) is 6.20 Å². The minimum atomic E-state index is 0.644. The van der Waals surface area contributed by atoms with Crippen molar-refractivity contribution in [3.05, 3.63) is 24.0 Å². The number of hydrogen-bond donors (Lipinski definition) is 2. The van der Waals surface area contributed by atoms with E-state index in [1.165, 1.54) is 0 Å². The van der Waals surface area contributed by atoms with Crippen LogP contribution >= 0.6 is 0 Å². The highest BCUT2D eigenvalue weighted by Gasteiger charge is 2.21. The smallest absolute Gasteiger partial charge is 0.245 e. The third-order valence-corrected chi connectivity index (χ3v) is 3.97. The predicted molar refractivity (Wildman–Crippen MR) is 78.3 cm³/mol. The van der Waals surface area contributed by atoms with E-state index in [9.17, 15) is 0 Å². The van der Waals surface area contributed by atoms with E-state index in [1.807, 2.05) is 19.1 Å². The average molecular weight is 272 g/mol. The number of H-pyrrole nitrogens is 1. The van der Waals surface area contributed by atoms with E-state index < -0.39 is 0 Å². The van der Waals surface area contributed by atoms with Crippen molar-refractivity contribution in [3.63, 3.8) is 0 Å². The SMILES string of the molecule is Cc1ncccc1-c1nc(N2CCC(CN)CC2)n[nH]1. The molecule has 0 unspecified atom stereocenters. The second-order valence-electron chi connectivity index (χ2n) is 5.29. The van der Waals surface area contributed by atoms with Crippen molar-refractivity contribution in [3.8, 4) is 11.4 Å². The molecule has 0 aromatic carbocycles. The van der Waals surface area contributed by atoms with Crippen molar-refractivity contribution in [2.75, 3.05) is 24.5 Å². The van der Waals surface area contributed by atoms with E-state index in [4.69, 9.17) is 5.73 Å². The van der Waals surface area contributed by atoms with E-state index in [0.717, 1.165) is 55.5 Å². The number of nitrogens with two attached hydrogens (primary N) is 1. The van der Waals surface area contributed by atoms with E-state index in [0.29, 0.717) is 5.92 Å². The van der Waals surface area contributed by atoms with Crippen molar-refractivity contribution >= 4 is 5.95 Å². The molecule has 0 aliphatic carbocycles. The van der Waals surface area contributed by atoms with Crippen molar-refractivity contribution in [1.82, 2.24) is 20.2 Å². The van der Waals surface area contributed by atoms with Gasteiger partial charge in [-0.1, -0.05) is 0 Å². The lowest BCUT2D eigenvalue weighted by Gasteiger charge is -2.30. The number of rotatable bonds is 3. The third kappa shape index (κ3) is 2.51. The summed E-state index contributed by atoms with van der Waals surface area (Å²) in [4.78, 5) is 11.1. The Bertz CT molecular complexity index is 571. The molecule has 0 radical (unpaired) electrons. The van der Waals surface area contributed by atoms with Crippen LogP contribution < -0.4 is 10.6 Å². The highest BCUT2D eigenvalue weighted by atomic mass is 15.4. The van der Waals surface area contributed by atoms with Gasteiger partial charge in [-0.05, 0) is 44.4 Å². The highest BCUT2D eigenvalue weighted by molar-refractivity contribution is 5.58. The Morgan fingerprint density at radius 2 is 2.20 bits per heavy atom. The first-order valence-electron chi connectivity index (χ1n) is 7.07. The standard InChI is InChI=1S/C14H20N6/c1-10-12(3-2-6-16-10)13-17-14(19-18-13)20-7-4-11(9-15)5-8-20/h2-3,6,11H,4-5,7-9,15H2,1H3,(H,17,18,19). The van der Waals surface area contributed by atoms with Gasteiger partial charge < -0.3 is 10.6 Å². The number of pyridine rings is 1. The summed E-state index contributed by atoms with van der Waals surface area (Å²) in [6, 6.07) is 3.92. The number of piperidine rings is 1. The molecule has 0 bridgehead atoms. The van der Waals surface area contributed by atoms with Crippen LogP contribution in [0.2, 0.25) is 0 Å². The molecular formula is C14H20N6. The molecule has 1 aliphatic heterocycles. The summed E-state index contributed by atoms with van der Waals surface area (Å²) >= 11 is 0. The zero-order valence-corrected chi connectivity index (χ0v) is 11.7. The molecule has 0 atom stereocenters. The van der Waals surface area contributed by atoms with Crippen LogP contribution in [0.15, 0.2) is 18.3 Å². The molecule has 1 saturated heterocycles. The van der Waals surface area contributed by atoms with Crippen molar-refractivity contribution in [2.45, 2.75) is 19.8 Å². The minimum Gasteiger partial charge on any atom is -0.340 e. The first-order chi connectivity index (χ1) is 9.78. The maximum atomic E-state index is 5.72. The van der Waals surface area contributed by atoms with Gasteiger partial charge in [0.2, 0.25) is 5.95 Å². The Labute approximate surface area is 118 Å². The first-order valence-corrected chi connectivity index (χ1v) is 7.07. The van der Waals surface area contributed by atoms with Gasteiger partial charge in [0.1, 0.15) is 0 Å². The second-order valence-corrected chi connectivity index (χ2v) is 5.29. The van der Waals surface area contributed by atoms with E-state index >= 15 is 0 Å². The normalized spacial score (nSPS) is 16.6. The van der Waals surface area contributed by atoms with Crippen molar-refractivity contribution in [2.24, 2.45) is 11.7 Å². The number of aromatic nitrogens is 4. The van der Waals surface area contributed by atoms with Crippen molar-refractivity contribution < 1.29 is 0 Å². The lowest BCUT2D eigenvalue weighted by atomic mass is 9.97. The number of hydrogen-bond acceptors (Lipinski definition) is 5. The lowest BCUT2D eigenvalue weighted by Crippen LogP contribution is -2.36. The van der Waals surface area contributed by atoms with Crippen LogP contribution in [0.4, 0.5) is 5.95 Å². The molecule has 3 heterocycles. The van der Waals surface area contributed by atoms with Gasteiger partial charge in [0, 0.05) is 30.5 Å². The van der Waals surface area contributed by atoms with Gasteiger partial charge in [-0.15, -0.1) is 5.10 Å². The van der Waals surface area contributed by atoms with Crippen LogP contribution in [0.25, 0.3) is 11.4 Å². The number of aryl methyl sites for hydroxylation is 1. The van der Waals surface area contributed by atoms with Gasteiger partial charge in [-0.25, -0.2) is 0 Å².